The molecule has 4 nitrogen and oxygen atoms in total. The van der Waals surface area contributed by atoms with Crippen molar-refractivity contribution < 1.29 is 9.47 Å². The Balaban J connectivity index is 2.21. The third-order valence-electron chi connectivity index (χ3n) is 2.85. The maximum absolute atomic E-state index is 6.18. The predicted molar refractivity (Wildman–Crippen MR) is 85.7 cm³/mol. The first-order valence-electron chi connectivity index (χ1n) is 5.77. The monoisotopic (exact) mass is 422 g/mol. The average molecular weight is 425 g/mol. The summed E-state index contributed by atoms with van der Waals surface area (Å²) in [6.07, 6.45) is 0. The Morgan fingerprint density at radius 2 is 1.85 bits per heavy atom. The highest BCUT2D eigenvalue weighted by molar-refractivity contribution is 9.11. The molecule has 108 valence electrons. The second-order valence-electron chi connectivity index (χ2n) is 4.18. The lowest BCUT2D eigenvalue weighted by Crippen LogP contribution is -1.98. The molecule has 20 heavy (non-hydrogen) atoms. The first kappa shape index (κ1) is 15.7. The van der Waals surface area contributed by atoms with Crippen LogP contribution in [-0.4, -0.2) is 16.9 Å². The van der Waals surface area contributed by atoms with Crippen molar-refractivity contribution in [1.82, 2.24) is 9.78 Å². The fourth-order valence-electron chi connectivity index (χ4n) is 1.77. The van der Waals surface area contributed by atoms with Gasteiger partial charge in [0.2, 0.25) is 0 Å². The zero-order valence-electron chi connectivity index (χ0n) is 11.2. The Labute approximate surface area is 139 Å². The van der Waals surface area contributed by atoms with Crippen molar-refractivity contribution in [2.75, 3.05) is 7.11 Å². The Hall–Kier alpha value is -0.720. The molecule has 2 rings (SSSR count). The lowest BCUT2D eigenvalue weighted by atomic mass is 10.3. The summed E-state index contributed by atoms with van der Waals surface area (Å²) in [7, 11) is 3.42. The number of hydrogen-bond donors (Lipinski definition) is 0. The number of nitrogens with zero attached hydrogens (tertiary/aromatic N) is 2. The molecular formula is C13H13Br2ClN2O2. The molecule has 0 atom stereocenters. The highest BCUT2D eigenvalue weighted by atomic mass is 79.9. The summed E-state index contributed by atoms with van der Waals surface area (Å²) in [6.45, 7) is 2.26. The first-order valence-corrected chi connectivity index (χ1v) is 7.74. The molecule has 0 radical (unpaired) electrons. The molecule has 2 aromatic rings. The SMILES string of the molecule is COc1cc(Br)c(OCc2c(C)nn(C)c2Cl)cc1Br. The second-order valence-corrected chi connectivity index (χ2v) is 6.25. The molecule has 0 saturated carbocycles. The van der Waals surface area contributed by atoms with Crippen LogP contribution in [0, 0.1) is 6.92 Å². The third kappa shape index (κ3) is 3.13. The molecule has 0 bridgehead atoms. The number of ether oxygens (including phenoxy) is 2. The minimum absolute atomic E-state index is 0.357. The van der Waals surface area contributed by atoms with E-state index in [0.717, 1.165) is 26.0 Å². The molecular weight excluding hydrogens is 411 g/mol. The minimum Gasteiger partial charge on any atom is -0.496 e. The standard InChI is InChI=1S/C13H13Br2ClN2O2/c1-7-8(13(16)18(2)17-7)6-20-12-5-9(14)11(19-3)4-10(12)15/h4-5H,6H2,1-3H3. The largest absolute Gasteiger partial charge is 0.496 e. The van der Waals surface area contributed by atoms with Crippen LogP contribution in [0.1, 0.15) is 11.3 Å². The van der Waals surface area contributed by atoms with Crippen molar-refractivity contribution in [1.29, 1.82) is 0 Å². The van der Waals surface area contributed by atoms with E-state index in [0.29, 0.717) is 17.5 Å². The Morgan fingerprint density at radius 3 is 2.40 bits per heavy atom. The highest BCUT2D eigenvalue weighted by Gasteiger charge is 2.14. The second kappa shape index (κ2) is 6.37. The zero-order chi connectivity index (χ0) is 14.9. The van der Waals surface area contributed by atoms with Gasteiger partial charge in [-0.1, -0.05) is 11.6 Å². The summed E-state index contributed by atoms with van der Waals surface area (Å²) in [6, 6.07) is 3.69. The van der Waals surface area contributed by atoms with Crippen LogP contribution in [0.4, 0.5) is 0 Å². The van der Waals surface area contributed by atoms with Gasteiger partial charge in [0.15, 0.2) is 0 Å². The number of benzene rings is 1. The minimum atomic E-state index is 0.357. The molecule has 7 heteroatoms. The number of aromatic nitrogens is 2. The van der Waals surface area contributed by atoms with E-state index in [1.165, 1.54) is 0 Å². The van der Waals surface area contributed by atoms with Crippen LogP contribution in [0.15, 0.2) is 21.1 Å². The van der Waals surface area contributed by atoms with Crippen molar-refractivity contribution in [3.05, 3.63) is 37.5 Å². The summed E-state index contributed by atoms with van der Waals surface area (Å²) >= 11 is 13.1. The molecule has 0 spiro atoms. The van der Waals surface area contributed by atoms with Gasteiger partial charge in [-0.15, -0.1) is 0 Å². The van der Waals surface area contributed by atoms with Crippen LogP contribution >= 0.6 is 43.5 Å². The van der Waals surface area contributed by atoms with Crippen molar-refractivity contribution in [3.63, 3.8) is 0 Å². The highest BCUT2D eigenvalue weighted by Crippen LogP contribution is 2.36. The van der Waals surface area contributed by atoms with E-state index >= 15 is 0 Å². The van der Waals surface area contributed by atoms with Gasteiger partial charge in [0.25, 0.3) is 0 Å². The maximum atomic E-state index is 6.18. The molecule has 0 N–H and O–H groups in total. The molecule has 0 aliphatic rings. The maximum Gasteiger partial charge on any atom is 0.135 e. The van der Waals surface area contributed by atoms with E-state index in [1.807, 2.05) is 19.1 Å². The van der Waals surface area contributed by atoms with E-state index in [9.17, 15) is 0 Å². The van der Waals surface area contributed by atoms with Crippen molar-refractivity contribution >= 4 is 43.5 Å². The van der Waals surface area contributed by atoms with E-state index in [2.05, 4.69) is 37.0 Å². The van der Waals surface area contributed by atoms with Crippen molar-refractivity contribution in [3.8, 4) is 11.5 Å². The lowest BCUT2D eigenvalue weighted by Gasteiger charge is -2.11. The molecule has 0 unspecified atom stereocenters. The lowest BCUT2D eigenvalue weighted by molar-refractivity contribution is 0.302. The third-order valence-corrected chi connectivity index (χ3v) is 4.56. The van der Waals surface area contributed by atoms with E-state index in [-0.39, 0.29) is 0 Å². The number of aryl methyl sites for hydroxylation is 2. The molecule has 0 saturated heterocycles. The topological polar surface area (TPSA) is 36.3 Å². The number of halogens is 3. The van der Waals surface area contributed by atoms with Gasteiger partial charge >= 0.3 is 0 Å². The number of methoxy groups -OCH3 is 1. The molecule has 1 heterocycles. The molecule has 0 aliphatic heterocycles. The van der Waals surface area contributed by atoms with Crippen LogP contribution < -0.4 is 9.47 Å². The summed E-state index contributed by atoms with van der Waals surface area (Å²) in [4.78, 5) is 0. The van der Waals surface area contributed by atoms with Crippen molar-refractivity contribution in [2.24, 2.45) is 7.05 Å². The summed E-state index contributed by atoms with van der Waals surface area (Å²) in [5.74, 6) is 1.44. The van der Waals surface area contributed by atoms with Crippen LogP contribution in [0.5, 0.6) is 11.5 Å². The van der Waals surface area contributed by atoms with E-state index in [4.69, 9.17) is 21.1 Å². The van der Waals surface area contributed by atoms with Gasteiger partial charge in [-0.2, -0.15) is 5.10 Å². The zero-order valence-corrected chi connectivity index (χ0v) is 15.1. The predicted octanol–water partition coefficient (Wildman–Crippen LogP) is 4.49. The number of rotatable bonds is 4. The normalized spacial score (nSPS) is 10.7. The fraction of sp³-hybridized carbons (Fsp3) is 0.308. The van der Waals surface area contributed by atoms with Gasteiger partial charge in [-0.3, -0.25) is 4.68 Å². The van der Waals surface area contributed by atoms with Crippen LogP contribution in [0.25, 0.3) is 0 Å². The van der Waals surface area contributed by atoms with Gasteiger partial charge in [0.1, 0.15) is 23.3 Å². The van der Waals surface area contributed by atoms with Crippen LogP contribution in [0.2, 0.25) is 5.15 Å². The van der Waals surface area contributed by atoms with E-state index < -0.39 is 0 Å². The molecule has 1 aromatic carbocycles. The molecule has 1 aromatic heterocycles. The average Bonchev–Trinajstić information content (AvgIpc) is 2.64. The summed E-state index contributed by atoms with van der Waals surface area (Å²) < 4.78 is 14.3. The first-order chi connectivity index (χ1) is 9.43. The van der Waals surface area contributed by atoms with Gasteiger partial charge in [0.05, 0.1) is 21.7 Å². The quantitative estimate of drug-likeness (QED) is 0.725. The van der Waals surface area contributed by atoms with Crippen molar-refractivity contribution in [2.45, 2.75) is 13.5 Å². The van der Waals surface area contributed by atoms with Gasteiger partial charge in [0, 0.05) is 12.6 Å². The smallest absolute Gasteiger partial charge is 0.135 e. The number of hydrogen-bond acceptors (Lipinski definition) is 3. The molecule has 0 fully saturated rings. The summed E-state index contributed by atoms with van der Waals surface area (Å²) in [5.41, 5.74) is 1.74. The van der Waals surface area contributed by atoms with Crippen LogP contribution in [0.3, 0.4) is 0 Å². The van der Waals surface area contributed by atoms with Gasteiger partial charge in [-0.05, 0) is 50.9 Å². The summed E-state index contributed by atoms with van der Waals surface area (Å²) in [5, 5.41) is 4.84. The Morgan fingerprint density at radius 1 is 1.25 bits per heavy atom. The van der Waals surface area contributed by atoms with Crippen LogP contribution in [-0.2, 0) is 13.7 Å². The Bertz CT molecular complexity index is 644. The van der Waals surface area contributed by atoms with Gasteiger partial charge in [-0.25, -0.2) is 0 Å². The fourth-order valence-corrected chi connectivity index (χ4v) is 2.92. The van der Waals surface area contributed by atoms with Gasteiger partial charge < -0.3 is 9.47 Å². The van der Waals surface area contributed by atoms with E-state index in [1.54, 1.807) is 18.8 Å². The molecule has 0 amide bonds. The molecule has 0 aliphatic carbocycles. The Kier molecular flexibility index (Phi) is 4.99.